The number of oxime groups is 1. The maximum Gasteiger partial charge on any atom is 0.315 e. The van der Waals surface area contributed by atoms with Crippen LogP contribution in [0.5, 0.6) is 11.5 Å². The van der Waals surface area contributed by atoms with Gasteiger partial charge in [-0.3, -0.25) is 10.1 Å². The summed E-state index contributed by atoms with van der Waals surface area (Å²) in [4.78, 5) is 10.0. The summed E-state index contributed by atoms with van der Waals surface area (Å²) in [6, 6.07) is 11.2. The Hall–Kier alpha value is -3.09. The molecule has 0 spiro atoms. The first-order valence-corrected chi connectivity index (χ1v) is 5.98. The van der Waals surface area contributed by atoms with E-state index in [1.54, 1.807) is 24.3 Å². The number of nitro benzene ring substituents is 1. The Morgan fingerprint density at radius 1 is 1.19 bits per heavy atom. The second kappa shape index (κ2) is 5.91. The lowest BCUT2D eigenvalue weighted by Gasteiger charge is -2.07. The minimum Gasteiger partial charge on any atom is -0.504 e. The van der Waals surface area contributed by atoms with Gasteiger partial charge in [0.15, 0.2) is 5.75 Å². The first-order chi connectivity index (χ1) is 10.0. The highest BCUT2D eigenvalue weighted by Gasteiger charge is 2.21. The fourth-order valence-electron chi connectivity index (χ4n) is 1.89. The van der Waals surface area contributed by atoms with Crippen molar-refractivity contribution in [2.45, 2.75) is 6.42 Å². The number of rotatable bonds is 4. The highest BCUT2D eigenvalue weighted by atomic mass is 16.6. The molecular weight excluding hydrogens is 276 g/mol. The molecule has 2 rings (SSSR count). The minimum absolute atomic E-state index is 0.139. The molecular formula is C14H12N2O5. The van der Waals surface area contributed by atoms with Crippen LogP contribution in [-0.2, 0) is 6.42 Å². The van der Waals surface area contributed by atoms with Gasteiger partial charge < -0.3 is 15.4 Å². The van der Waals surface area contributed by atoms with E-state index in [2.05, 4.69) is 5.16 Å². The molecule has 0 atom stereocenters. The number of phenolic OH excluding ortho intramolecular Hbond substituents is 2. The van der Waals surface area contributed by atoms with E-state index in [0.717, 1.165) is 17.7 Å². The molecule has 3 N–H and O–H groups in total. The first kappa shape index (κ1) is 14.3. The zero-order chi connectivity index (χ0) is 15.4. The maximum absolute atomic E-state index is 10.8. The lowest BCUT2D eigenvalue weighted by molar-refractivity contribution is -0.386. The summed E-state index contributed by atoms with van der Waals surface area (Å²) in [6.45, 7) is 0. The zero-order valence-electron chi connectivity index (χ0n) is 10.8. The standard InChI is InChI=1S/C14H12N2O5/c17-13-8-10(7-12(14(13)18)16(20)21)11(15-19)6-9-4-2-1-3-5-9/h1-5,7-8,17-19H,6H2/b15-11-. The average molecular weight is 288 g/mol. The van der Waals surface area contributed by atoms with Gasteiger partial charge in [-0.05, 0) is 11.6 Å². The van der Waals surface area contributed by atoms with Crippen LogP contribution in [0.1, 0.15) is 11.1 Å². The molecule has 7 heteroatoms. The summed E-state index contributed by atoms with van der Waals surface area (Å²) in [7, 11) is 0. The van der Waals surface area contributed by atoms with Crippen molar-refractivity contribution in [1.29, 1.82) is 0 Å². The molecule has 0 amide bonds. The van der Waals surface area contributed by atoms with E-state index < -0.39 is 22.1 Å². The molecule has 0 unspecified atom stereocenters. The number of hydrogen-bond acceptors (Lipinski definition) is 6. The van der Waals surface area contributed by atoms with Crippen molar-refractivity contribution >= 4 is 11.4 Å². The van der Waals surface area contributed by atoms with Crippen LogP contribution in [0.25, 0.3) is 0 Å². The molecule has 0 aliphatic rings. The van der Waals surface area contributed by atoms with Crippen molar-refractivity contribution in [3.63, 3.8) is 0 Å². The third-order valence-electron chi connectivity index (χ3n) is 2.93. The molecule has 0 aliphatic carbocycles. The van der Waals surface area contributed by atoms with Gasteiger partial charge >= 0.3 is 5.69 Å². The Kier molecular flexibility index (Phi) is 4.03. The minimum atomic E-state index is -0.823. The van der Waals surface area contributed by atoms with E-state index in [-0.39, 0.29) is 17.7 Å². The summed E-state index contributed by atoms with van der Waals surface area (Å²) in [6.07, 6.45) is 0.221. The number of benzene rings is 2. The van der Waals surface area contributed by atoms with Gasteiger partial charge in [-0.15, -0.1) is 0 Å². The molecule has 0 bridgehead atoms. The molecule has 7 nitrogen and oxygen atoms in total. The van der Waals surface area contributed by atoms with Crippen molar-refractivity contribution in [3.05, 3.63) is 63.7 Å². The van der Waals surface area contributed by atoms with Crippen molar-refractivity contribution < 1.29 is 20.3 Å². The van der Waals surface area contributed by atoms with Gasteiger partial charge in [-0.25, -0.2) is 0 Å². The van der Waals surface area contributed by atoms with Crippen molar-refractivity contribution in [1.82, 2.24) is 0 Å². The Bertz CT molecular complexity index is 698. The van der Waals surface area contributed by atoms with Gasteiger partial charge in [0, 0.05) is 18.1 Å². The lowest BCUT2D eigenvalue weighted by Crippen LogP contribution is -2.06. The lowest BCUT2D eigenvalue weighted by atomic mass is 10.0. The molecule has 2 aromatic rings. The fourth-order valence-corrected chi connectivity index (χ4v) is 1.89. The Morgan fingerprint density at radius 3 is 2.43 bits per heavy atom. The molecule has 108 valence electrons. The number of nitrogens with zero attached hydrogens (tertiary/aromatic N) is 2. The van der Waals surface area contributed by atoms with Gasteiger partial charge in [0.1, 0.15) is 0 Å². The number of phenols is 2. The summed E-state index contributed by atoms with van der Waals surface area (Å²) in [5, 5.41) is 42.0. The number of aromatic hydroxyl groups is 2. The van der Waals surface area contributed by atoms with Crippen molar-refractivity contribution in [2.75, 3.05) is 0 Å². The molecule has 0 aliphatic heterocycles. The largest absolute Gasteiger partial charge is 0.504 e. The highest BCUT2D eigenvalue weighted by Crippen LogP contribution is 2.36. The second-order valence-corrected chi connectivity index (χ2v) is 4.33. The molecule has 0 saturated heterocycles. The van der Waals surface area contributed by atoms with Gasteiger partial charge in [-0.1, -0.05) is 35.5 Å². The van der Waals surface area contributed by atoms with Crippen LogP contribution in [0, 0.1) is 10.1 Å². The molecule has 2 aromatic carbocycles. The van der Waals surface area contributed by atoms with Crippen LogP contribution in [0.15, 0.2) is 47.6 Å². The SMILES string of the molecule is O=[N+]([O-])c1cc(/C(Cc2ccccc2)=N\O)cc(O)c1O. The van der Waals surface area contributed by atoms with Gasteiger partial charge in [0.2, 0.25) is 5.75 Å². The topological polar surface area (TPSA) is 116 Å². The van der Waals surface area contributed by atoms with Crippen LogP contribution in [0.2, 0.25) is 0 Å². The molecule has 0 heterocycles. The first-order valence-electron chi connectivity index (χ1n) is 5.98. The van der Waals surface area contributed by atoms with Crippen molar-refractivity contribution in [3.8, 4) is 11.5 Å². The van der Waals surface area contributed by atoms with Crippen LogP contribution in [0.3, 0.4) is 0 Å². The Labute approximate surface area is 119 Å². The smallest absolute Gasteiger partial charge is 0.315 e. The van der Waals surface area contributed by atoms with Gasteiger partial charge in [-0.2, -0.15) is 0 Å². The summed E-state index contributed by atoms with van der Waals surface area (Å²) >= 11 is 0. The Balaban J connectivity index is 2.42. The van der Waals surface area contributed by atoms with Gasteiger partial charge in [0.05, 0.1) is 10.6 Å². The van der Waals surface area contributed by atoms with Crippen LogP contribution < -0.4 is 0 Å². The maximum atomic E-state index is 10.8. The molecule has 0 fully saturated rings. The van der Waals surface area contributed by atoms with E-state index in [9.17, 15) is 20.3 Å². The summed E-state index contributed by atoms with van der Waals surface area (Å²) in [5.41, 5.74) is 0.475. The van der Waals surface area contributed by atoms with Crippen LogP contribution in [0.4, 0.5) is 5.69 Å². The molecule has 0 saturated carbocycles. The summed E-state index contributed by atoms with van der Waals surface area (Å²) in [5.74, 6) is -1.46. The normalized spacial score (nSPS) is 11.3. The number of hydrogen-bond donors (Lipinski definition) is 3. The van der Waals surface area contributed by atoms with E-state index in [1.807, 2.05) is 6.07 Å². The quantitative estimate of drug-likeness (QED) is 0.263. The Morgan fingerprint density at radius 2 is 1.86 bits per heavy atom. The van der Waals surface area contributed by atoms with Crippen LogP contribution >= 0.6 is 0 Å². The highest BCUT2D eigenvalue weighted by molar-refractivity contribution is 6.02. The third kappa shape index (κ3) is 3.08. The monoisotopic (exact) mass is 288 g/mol. The van der Waals surface area contributed by atoms with E-state index in [4.69, 9.17) is 5.21 Å². The molecule has 0 aromatic heterocycles. The zero-order valence-corrected chi connectivity index (χ0v) is 10.8. The fraction of sp³-hybridized carbons (Fsp3) is 0.0714. The molecule has 0 radical (unpaired) electrons. The predicted molar refractivity (Wildman–Crippen MR) is 74.9 cm³/mol. The molecule has 21 heavy (non-hydrogen) atoms. The summed E-state index contributed by atoms with van der Waals surface area (Å²) < 4.78 is 0. The third-order valence-corrected chi connectivity index (χ3v) is 2.93. The average Bonchev–Trinajstić information content (AvgIpc) is 2.48. The van der Waals surface area contributed by atoms with Crippen LogP contribution in [-0.4, -0.2) is 26.1 Å². The van der Waals surface area contributed by atoms with Gasteiger partial charge in [0.25, 0.3) is 0 Å². The number of nitro groups is 1. The van der Waals surface area contributed by atoms with Crippen molar-refractivity contribution in [2.24, 2.45) is 5.16 Å². The predicted octanol–water partition coefficient (Wildman–Crippen LogP) is 2.43. The van der Waals surface area contributed by atoms with E-state index >= 15 is 0 Å². The van der Waals surface area contributed by atoms with E-state index in [1.165, 1.54) is 0 Å². The van der Waals surface area contributed by atoms with E-state index in [0.29, 0.717) is 0 Å². The second-order valence-electron chi connectivity index (χ2n) is 4.33.